The molecule has 1 N–H and O–H groups in total. The number of rotatable bonds is 8. The normalized spacial score (nSPS) is 38.5. The number of halogens is 1. The van der Waals surface area contributed by atoms with Gasteiger partial charge in [0, 0.05) is 42.4 Å². The number of allylic oxidation sites excluding steroid dienone is 1. The van der Waals surface area contributed by atoms with Crippen molar-refractivity contribution in [3.8, 4) is 0 Å². The molecule has 1 unspecified atom stereocenters. The van der Waals surface area contributed by atoms with E-state index < -0.39 is 17.4 Å². The van der Waals surface area contributed by atoms with Crippen molar-refractivity contribution < 1.29 is 29.0 Å². The van der Waals surface area contributed by atoms with E-state index in [1.807, 2.05) is 36.2 Å². The number of hydrogen-bond donors (Lipinski definition) is 1. The number of carbonyl (C=O) groups is 4. The maximum absolute atomic E-state index is 14.4. The van der Waals surface area contributed by atoms with Crippen LogP contribution in [0.1, 0.15) is 132 Å². The van der Waals surface area contributed by atoms with Crippen LogP contribution >= 0.6 is 11.6 Å². The van der Waals surface area contributed by atoms with Crippen LogP contribution in [-0.4, -0.2) is 70.8 Å². The third-order valence-corrected chi connectivity index (χ3v) is 17.7. The van der Waals surface area contributed by atoms with Gasteiger partial charge in [0.05, 0.1) is 24.4 Å². The van der Waals surface area contributed by atoms with Gasteiger partial charge in [-0.1, -0.05) is 77.8 Å². The number of esters is 1. The number of ether oxygens (including phenoxy) is 1. The summed E-state index contributed by atoms with van der Waals surface area (Å²) in [5.41, 5.74) is 1.89. The minimum Gasteiger partial charge on any atom is -0.481 e. The number of ketones is 1. The van der Waals surface area contributed by atoms with Crippen molar-refractivity contribution in [1.29, 1.82) is 0 Å². The highest BCUT2D eigenvalue weighted by Gasteiger charge is 2.71. The third-order valence-electron chi connectivity index (χ3n) is 17.5. The Kier molecular flexibility index (Phi) is 10.3. The number of piperazine rings is 1. The Hall–Kier alpha value is -2.71. The summed E-state index contributed by atoms with van der Waals surface area (Å²) in [5.74, 6) is 0.250. The minimum absolute atomic E-state index is 0.0103. The average molecular weight is 792 g/mol. The van der Waals surface area contributed by atoms with Crippen LogP contribution < -0.4 is 0 Å². The molecule has 0 radical (unpaired) electrons. The second-order valence-corrected chi connectivity index (χ2v) is 21.8. The summed E-state index contributed by atoms with van der Waals surface area (Å²) in [6.07, 6.45) is 8.08. The smallest absolute Gasteiger partial charge is 0.309 e. The lowest BCUT2D eigenvalue weighted by molar-refractivity contribution is -0.234. The molecule has 1 aromatic rings. The van der Waals surface area contributed by atoms with Crippen molar-refractivity contribution in [3.05, 3.63) is 46.0 Å². The van der Waals surface area contributed by atoms with E-state index in [9.17, 15) is 24.3 Å². The highest BCUT2D eigenvalue weighted by atomic mass is 35.5. The van der Waals surface area contributed by atoms with Gasteiger partial charge in [-0.2, -0.15) is 0 Å². The van der Waals surface area contributed by atoms with E-state index in [0.717, 1.165) is 69.0 Å². The Morgan fingerprint density at radius 2 is 1.61 bits per heavy atom. The Morgan fingerprint density at radius 1 is 0.929 bits per heavy atom. The van der Waals surface area contributed by atoms with Gasteiger partial charge in [-0.15, -0.1) is 0 Å². The number of aliphatic carboxylic acids is 1. The third kappa shape index (κ3) is 6.23. The van der Waals surface area contributed by atoms with Crippen LogP contribution in [0.15, 0.2) is 35.4 Å². The zero-order valence-electron chi connectivity index (χ0n) is 35.7. The number of nitrogens with zero attached hydrogens (tertiary/aromatic N) is 2. The van der Waals surface area contributed by atoms with E-state index in [0.29, 0.717) is 42.2 Å². The molecular formula is C47H67ClN2O6. The van der Waals surface area contributed by atoms with E-state index in [2.05, 4.69) is 53.4 Å². The fourth-order valence-electron chi connectivity index (χ4n) is 14.3. The Labute approximate surface area is 340 Å². The zero-order chi connectivity index (χ0) is 41.0. The van der Waals surface area contributed by atoms with Gasteiger partial charge in [0.15, 0.2) is 5.78 Å². The van der Waals surface area contributed by atoms with Crippen LogP contribution in [-0.2, 0) is 30.5 Å². The molecule has 5 aliphatic carbocycles. The van der Waals surface area contributed by atoms with Crippen LogP contribution in [0.3, 0.4) is 0 Å². The van der Waals surface area contributed by atoms with E-state index in [1.54, 1.807) is 13.8 Å². The summed E-state index contributed by atoms with van der Waals surface area (Å²) >= 11 is 6.21. The van der Waals surface area contributed by atoms with Crippen LogP contribution in [0, 0.1) is 56.2 Å². The average Bonchev–Trinajstić information content (AvgIpc) is 3.41. The molecule has 7 rings (SSSR count). The van der Waals surface area contributed by atoms with Crippen LogP contribution in [0.4, 0.5) is 0 Å². The monoisotopic (exact) mass is 790 g/mol. The molecule has 1 saturated heterocycles. The standard InChI is InChI=1S/C47H67ClN2O6/c1-28(2)39-32(51)23-47(35-26-50(27-37(52)49(35)10)25-29-11-13-30(48)14-12-29)22-21-45(8)31(40(39)47)15-16-34-44(7)19-18-36(56-38(53)24-42(3,4)41(54)55)43(5,6)33(44)17-20-46(34,45)9/h11-14,28,31,33-36H,15-27H2,1-10H3,(H,54,55)/t31-,33+,34-,35+,36+,44+,45-,46-,47?/m1/s1. The first-order valence-electron chi connectivity index (χ1n) is 21.4. The van der Waals surface area contributed by atoms with E-state index in [4.69, 9.17) is 16.3 Å². The molecule has 6 aliphatic rings. The molecule has 0 spiro atoms. The molecular weight excluding hydrogens is 724 g/mol. The molecule has 9 atom stereocenters. The lowest BCUT2D eigenvalue weighted by atomic mass is 9.32. The molecule has 5 fully saturated rings. The summed E-state index contributed by atoms with van der Waals surface area (Å²) < 4.78 is 6.20. The van der Waals surface area contributed by atoms with E-state index >= 15 is 0 Å². The molecule has 0 bridgehead atoms. The summed E-state index contributed by atoms with van der Waals surface area (Å²) in [4.78, 5) is 57.6. The van der Waals surface area contributed by atoms with Gasteiger partial charge in [0.25, 0.3) is 0 Å². The van der Waals surface area contributed by atoms with E-state index in [-0.39, 0.29) is 63.4 Å². The lowest BCUT2D eigenvalue weighted by Gasteiger charge is -2.72. The SMILES string of the molecule is CC(C)C1=C2[C@H]3CC[C@@H]4[C@@]5(C)CC[C@H](OC(=O)CC(C)(C)C(=O)O)C(C)(C)[C@@H]5CC[C@@]4(C)[C@]3(C)CCC2([C@@H]2CN(Cc3ccc(Cl)cc3)CC(=O)N2C)CC1=O. The van der Waals surface area contributed by atoms with Gasteiger partial charge in [-0.25, -0.2) is 0 Å². The number of Topliss-reactive ketones (excluding diaryl/α,β-unsaturated/α-hetero) is 1. The number of benzene rings is 1. The van der Waals surface area contributed by atoms with Crippen molar-refractivity contribution in [2.24, 2.45) is 56.2 Å². The van der Waals surface area contributed by atoms with E-state index in [1.165, 1.54) is 5.57 Å². The molecule has 1 aliphatic heterocycles. The molecule has 56 heavy (non-hydrogen) atoms. The van der Waals surface area contributed by atoms with Crippen LogP contribution in [0.5, 0.6) is 0 Å². The maximum Gasteiger partial charge on any atom is 0.309 e. The van der Waals surface area contributed by atoms with Gasteiger partial charge in [0.1, 0.15) is 6.10 Å². The van der Waals surface area contributed by atoms with Crippen molar-refractivity contribution in [2.75, 3.05) is 20.1 Å². The molecule has 1 aromatic carbocycles. The van der Waals surface area contributed by atoms with Crippen LogP contribution in [0.25, 0.3) is 0 Å². The minimum atomic E-state index is -1.17. The molecule has 4 saturated carbocycles. The second-order valence-electron chi connectivity index (χ2n) is 21.4. The fraction of sp³-hybridized carbons (Fsp3) is 0.745. The number of carboxylic acid groups (broad SMARTS) is 1. The lowest BCUT2D eigenvalue weighted by Crippen LogP contribution is -2.67. The van der Waals surface area contributed by atoms with Crippen molar-refractivity contribution in [1.82, 2.24) is 9.80 Å². The predicted octanol–water partition coefficient (Wildman–Crippen LogP) is 9.38. The Bertz CT molecular complexity index is 1820. The summed E-state index contributed by atoms with van der Waals surface area (Å²) in [5, 5.41) is 10.4. The Balaban J connectivity index is 1.19. The second kappa shape index (κ2) is 14.0. The van der Waals surface area contributed by atoms with Gasteiger partial charge >= 0.3 is 11.9 Å². The molecule has 9 heteroatoms. The number of carboxylic acids is 1. The van der Waals surface area contributed by atoms with Crippen molar-refractivity contribution in [2.45, 2.75) is 145 Å². The highest BCUT2D eigenvalue weighted by molar-refractivity contribution is 6.30. The van der Waals surface area contributed by atoms with Gasteiger partial charge in [-0.3, -0.25) is 24.1 Å². The first kappa shape index (κ1) is 41.4. The number of carbonyl (C=O) groups excluding carboxylic acids is 3. The number of fused-ring (bicyclic) bond motifs is 7. The summed E-state index contributed by atoms with van der Waals surface area (Å²) in [7, 11) is 1.98. The maximum atomic E-state index is 14.4. The number of amides is 1. The molecule has 308 valence electrons. The van der Waals surface area contributed by atoms with Crippen molar-refractivity contribution >= 4 is 35.2 Å². The quantitative estimate of drug-likeness (QED) is 0.262. The molecule has 8 nitrogen and oxygen atoms in total. The van der Waals surface area contributed by atoms with Gasteiger partial charge in [-0.05, 0) is 128 Å². The van der Waals surface area contributed by atoms with Crippen molar-refractivity contribution in [3.63, 3.8) is 0 Å². The predicted molar refractivity (Wildman–Crippen MR) is 219 cm³/mol. The first-order valence-corrected chi connectivity index (χ1v) is 21.8. The Morgan fingerprint density at radius 3 is 2.25 bits per heavy atom. The largest absolute Gasteiger partial charge is 0.481 e. The molecule has 1 amide bonds. The topological polar surface area (TPSA) is 104 Å². The molecule has 1 heterocycles. The summed E-state index contributed by atoms with van der Waals surface area (Å²) in [6.45, 7) is 21.6. The highest BCUT2D eigenvalue weighted by Crippen LogP contribution is 2.77. The van der Waals surface area contributed by atoms with Crippen LogP contribution in [0.2, 0.25) is 5.02 Å². The first-order chi connectivity index (χ1) is 26.0. The fourth-order valence-corrected chi connectivity index (χ4v) is 14.5. The van der Waals surface area contributed by atoms with Gasteiger partial charge < -0.3 is 14.7 Å². The number of likely N-dealkylation sites (N-methyl/N-ethyl adjacent to an activating group) is 1. The zero-order valence-corrected chi connectivity index (χ0v) is 36.5. The summed E-state index contributed by atoms with van der Waals surface area (Å²) in [6, 6.07) is 7.84. The molecule has 0 aromatic heterocycles. The number of hydrogen-bond acceptors (Lipinski definition) is 6. The van der Waals surface area contributed by atoms with Gasteiger partial charge in [0.2, 0.25) is 5.91 Å².